The van der Waals surface area contributed by atoms with Crippen LogP contribution in [0.3, 0.4) is 0 Å². The maximum Gasteiger partial charge on any atom is 0.237 e. The maximum atomic E-state index is 12.1. The molecule has 1 rings (SSSR count). The van der Waals surface area contributed by atoms with Gasteiger partial charge in [0.05, 0.1) is 12.8 Å². The molecular weight excluding hydrogens is 278 g/mol. The van der Waals surface area contributed by atoms with Crippen molar-refractivity contribution >= 4 is 15.9 Å². The molecule has 0 N–H and O–H groups in total. The minimum absolute atomic E-state index is 0.0117. The zero-order chi connectivity index (χ0) is 15.2. The van der Waals surface area contributed by atoms with E-state index in [1.165, 1.54) is 10.6 Å². The third-order valence-corrected chi connectivity index (χ3v) is 4.51. The number of rotatable bonds is 7. The van der Waals surface area contributed by atoms with Crippen molar-refractivity contribution in [3.63, 3.8) is 0 Å². The predicted molar refractivity (Wildman–Crippen MR) is 79.8 cm³/mol. The fourth-order valence-corrected chi connectivity index (χ4v) is 2.93. The van der Waals surface area contributed by atoms with Gasteiger partial charge in [-0.25, -0.2) is 8.42 Å². The first kappa shape index (κ1) is 16.9. The average Bonchev–Trinajstić information content (AvgIpc) is 2.38. The van der Waals surface area contributed by atoms with Crippen molar-refractivity contribution < 1.29 is 13.2 Å². The molecule has 0 aromatic rings. The van der Waals surface area contributed by atoms with Crippen LogP contribution >= 0.6 is 0 Å². The van der Waals surface area contributed by atoms with Gasteiger partial charge in [0.15, 0.2) is 0 Å². The lowest BCUT2D eigenvalue weighted by Gasteiger charge is -2.33. The van der Waals surface area contributed by atoms with Gasteiger partial charge in [0.2, 0.25) is 15.9 Å². The molecule has 0 aromatic carbocycles. The molecule has 1 aliphatic heterocycles. The number of carbonyl (C=O) groups is 1. The third-order valence-electron chi connectivity index (χ3n) is 3.21. The molecule has 0 saturated carbocycles. The Balaban J connectivity index is 2.48. The van der Waals surface area contributed by atoms with Crippen LogP contribution in [0.4, 0.5) is 0 Å². The van der Waals surface area contributed by atoms with Gasteiger partial charge >= 0.3 is 0 Å². The van der Waals surface area contributed by atoms with Gasteiger partial charge in [-0.05, 0) is 0 Å². The molecule has 1 fully saturated rings. The summed E-state index contributed by atoms with van der Waals surface area (Å²) in [5.74, 6) is 0.0117. The number of carbonyl (C=O) groups excluding carboxylic acids is 1. The van der Waals surface area contributed by atoms with Crippen LogP contribution in [0, 0.1) is 0 Å². The highest BCUT2D eigenvalue weighted by Gasteiger charge is 2.25. The van der Waals surface area contributed by atoms with Crippen LogP contribution < -0.4 is 0 Å². The van der Waals surface area contributed by atoms with E-state index >= 15 is 0 Å². The smallest absolute Gasteiger partial charge is 0.237 e. The molecule has 1 heterocycles. The van der Waals surface area contributed by atoms with E-state index in [4.69, 9.17) is 0 Å². The van der Waals surface area contributed by atoms with Crippen LogP contribution in [0.5, 0.6) is 0 Å². The molecule has 0 unspecified atom stereocenters. The summed E-state index contributed by atoms with van der Waals surface area (Å²) in [5.41, 5.74) is 0. The number of hydrogen-bond donors (Lipinski definition) is 0. The average molecular weight is 301 g/mol. The van der Waals surface area contributed by atoms with Gasteiger partial charge in [-0.3, -0.25) is 9.69 Å². The Kier molecular flexibility index (Phi) is 6.38. The molecule has 0 spiro atoms. The molecule has 1 saturated heterocycles. The fourth-order valence-electron chi connectivity index (χ4n) is 2.10. The summed E-state index contributed by atoms with van der Waals surface area (Å²) in [6, 6.07) is 0. The summed E-state index contributed by atoms with van der Waals surface area (Å²) >= 11 is 0. The molecule has 20 heavy (non-hydrogen) atoms. The second-order valence-electron chi connectivity index (χ2n) is 4.81. The molecule has 114 valence electrons. The number of hydrogen-bond acceptors (Lipinski definition) is 4. The monoisotopic (exact) mass is 301 g/mol. The van der Waals surface area contributed by atoms with E-state index in [9.17, 15) is 13.2 Å². The fraction of sp³-hybridized carbons (Fsp3) is 0.615. The zero-order valence-electron chi connectivity index (χ0n) is 12.0. The SMILES string of the molecule is C=CCN(CC=C)C(=O)CN1CCN(S(C)(=O)=O)CC1. The maximum absolute atomic E-state index is 12.1. The van der Waals surface area contributed by atoms with Crippen molar-refractivity contribution in [2.45, 2.75) is 0 Å². The Morgan fingerprint density at radius 2 is 1.65 bits per heavy atom. The highest BCUT2D eigenvalue weighted by molar-refractivity contribution is 7.88. The minimum Gasteiger partial charge on any atom is -0.334 e. The Labute approximate surface area is 121 Å². The normalized spacial score (nSPS) is 17.6. The van der Waals surface area contributed by atoms with E-state index in [2.05, 4.69) is 13.2 Å². The summed E-state index contributed by atoms with van der Waals surface area (Å²) in [4.78, 5) is 15.8. The molecule has 0 aliphatic carbocycles. The second kappa shape index (κ2) is 7.56. The van der Waals surface area contributed by atoms with Crippen molar-refractivity contribution in [3.8, 4) is 0 Å². The first-order chi connectivity index (χ1) is 9.38. The molecule has 1 aliphatic rings. The highest BCUT2D eigenvalue weighted by Crippen LogP contribution is 2.06. The largest absolute Gasteiger partial charge is 0.334 e. The summed E-state index contributed by atoms with van der Waals surface area (Å²) in [6.45, 7) is 10.6. The Morgan fingerprint density at radius 1 is 1.15 bits per heavy atom. The van der Waals surface area contributed by atoms with E-state index in [0.29, 0.717) is 45.8 Å². The molecule has 0 atom stereocenters. The molecule has 0 bridgehead atoms. The number of piperazine rings is 1. The lowest BCUT2D eigenvalue weighted by atomic mass is 10.3. The molecule has 6 nitrogen and oxygen atoms in total. The van der Waals surface area contributed by atoms with Crippen molar-refractivity contribution in [3.05, 3.63) is 25.3 Å². The van der Waals surface area contributed by atoms with Crippen molar-refractivity contribution in [2.75, 3.05) is 52.1 Å². The van der Waals surface area contributed by atoms with Crippen molar-refractivity contribution in [2.24, 2.45) is 0 Å². The summed E-state index contributed by atoms with van der Waals surface area (Å²) in [6.07, 6.45) is 4.58. The van der Waals surface area contributed by atoms with Gasteiger partial charge in [-0.2, -0.15) is 4.31 Å². The second-order valence-corrected chi connectivity index (χ2v) is 6.80. The van der Waals surface area contributed by atoms with Gasteiger partial charge < -0.3 is 4.90 Å². The van der Waals surface area contributed by atoms with Crippen LogP contribution in [0.15, 0.2) is 25.3 Å². The highest BCUT2D eigenvalue weighted by atomic mass is 32.2. The zero-order valence-corrected chi connectivity index (χ0v) is 12.8. The summed E-state index contributed by atoms with van der Waals surface area (Å²) in [7, 11) is -3.13. The van der Waals surface area contributed by atoms with Gasteiger partial charge in [0.1, 0.15) is 0 Å². The molecular formula is C13H23N3O3S. The standard InChI is InChI=1S/C13H23N3O3S/c1-4-6-15(7-5-2)13(17)12-14-8-10-16(11-9-14)20(3,18)19/h4-5H,1-2,6-12H2,3H3. The van der Waals surface area contributed by atoms with Crippen molar-refractivity contribution in [1.82, 2.24) is 14.1 Å². The van der Waals surface area contributed by atoms with Crippen LogP contribution in [0.1, 0.15) is 0 Å². The minimum atomic E-state index is -3.13. The topological polar surface area (TPSA) is 60.9 Å². The Morgan fingerprint density at radius 3 is 2.05 bits per heavy atom. The number of nitrogens with zero attached hydrogens (tertiary/aromatic N) is 3. The van der Waals surface area contributed by atoms with E-state index in [-0.39, 0.29) is 5.91 Å². The van der Waals surface area contributed by atoms with Crippen LogP contribution in [0.25, 0.3) is 0 Å². The lowest BCUT2D eigenvalue weighted by Crippen LogP contribution is -2.51. The quantitative estimate of drug-likeness (QED) is 0.609. The molecule has 7 heteroatoms. The van der Waals surface area contributed by atoms with Crippen molar-refractivity contribution in [1.29, 1.82) is 0 Å². The molecule has 0 radical (unpaired) electrons. The first-order valence-electron chi connectivity index (χ1n) is 6.55. The van der Waals surface area contributed by atoms with Crippen LogP contribution in [-0.4, -0.2) is 80.5 Å². The van der Waals surface area contributed by atoms with E-state index in [1.54, 1.807) is 17.1 Å². The molecule has 1 amide bonds. The first-order valence-corrected chi connectivity index (χ1v) is 8.40. The third kappa shape index (κ3) is 5.07. The number of sulfonamides is 1. The lowest BCUT2D eigenvalue weighted by molar-refractivity contribution is -0.131. The summed E-state index contributed by atoms with van der Waals surface area (Å²) < 4.78 is 24.3. The van der Waals surface area contributed by atoms with Gasteiger partial charge in [-0.1, -0.05) is 12.2 Å². The van der Waals surface area contributed by atoms with Gasteiger partial charge in [-0.15, -0.1) is 13.2 Å². The van der Waals surface area contributed by atoms with Crippen LogP contribution in [-0.2, 0) is 14.8 Å². The van der Waals surface area contributed by atoms with Gasteiger partial charge in [0, 0.05) is 39.3 Å². The summed E-state index contributed by atoms with van der Waals surface area (Å²) in [5, 5.41) is 0. The van der Waals surface area contributed by atoms with E-state index in [1.807, 2.05) is 4.90 Å². The van der Waals surface area contributed by atoms with Crippen LogP contribution in [0.2, 0.25) is 0 Å². The van der Waals surface area contributed by atoms with E-state index < -0.39 is 10.0 Å². The Bertz CT molecular complexity index is 443. The van der Waals surface area contributed by atoms with Gasteiger partial charge in [0.25, 0.3) is 0 Å². The Hall–Kier alpha value is -1.18. The number of amides is 1. The molecule has 0 aromatic heterocycles. The van der Waals surface area contributed by atoms with E-state index in [0.717, 1.165) is 0 Å². The predicted octanol–water partition coefficient (Wildman–Crippen LogP) is -0.236.